The van der Waals surface area contributed by atoms with Gasteiger partial charge in [-0.3, -0.25) is 0 Å². The van der Waals surface area contributed by atoms with Crippen LogP contribution in [0.15, 0.2) is 70.5 Å². The first-order valence-electron chi connectivity index (χ1n) is 4.86. The Morgan fingerprint density at radius 2 is 1.13 bits per heavy atom. The zero-order chi connectivity index (χ0) is 10.5. The summed E-state index contributed by atoms with van der Waals surface area (Å²) < 4.78 is 5.59. The Morgan fingerprint density at radius 3 is 1.47 bits per heavy atom. The summed E-state index contributed by atoms with van der Waals surface area (Å²) in [4.78, 5) is 2.50. The van der Waals surface area contributed by atoms with Crippen LogP contribution in [-0.4, -0.2) is 7.11 Å². The van der Waals surface area contributed by atoms with Gasteiger partial charge in [-0.1, -0.05) is 47.6 Å². The molecule has 0 N–H and O–H groups in total. The van der Waals surface area contributed by atoms with Crippen LogP contribution in [0.3, 0.4) is 0 Å². The third-order valence-electron chi connectivity index (χ3n) is 2.16. The van der Waals surface area contributed by atoms with Crippen molar-refractivity contribution < 1.29 is 4.18 Å². The van der Waals surface area contributed by atoms with Crippen molar-refractivity contribution in [2.24, 2.45) is 0 Å². The van der Waals surface area contributed by atoms with Crippen LogP contribution in [0.1, 0.15) is 0 Å². The summed E-state index contributed by atoms with van der Waals surface area (Å²) in [5.74, 6) is 0. The monoisotopic (exact) mass is 218 g/mol. The van der Waals surface area contributed by atoms with Gasteiger partial charge in [-0.15, -0.1) is 0 Å². The molecule has 15 heavy (non-hydrogen) atoms. The van der Waals surface area contributed by atoms with E-state index in [1.165, 1.54) is 9.79 Å². The van der Waals surface area contributed by atoms with Crippen LogP contribution in [0, 0.1) is 0 Å². The highest BCUT2D eigenvalue weighted by molar-refractivity contribution is 8.12. The molecule has 0 atom stereocenters. The molecule has 0 fully saturated rings. The van der Waals surface area contributed by atoms with Crippen LogP contribution in [0.25, 0.3) is 0 Å². The first-order valence-corrected chi connectivity index (χ1v) is 6.12. The maximum absolute atomic E-state index is 5.59. The second kappa shape index (κ2) is 5.01. The number of hydrogen-bond donors (Lipinski definition) is 1. The second-order valence-electron chi connectivity index (χ2n) is 3.15. The van der Waals surface area contributed by atoms with Gasteiger partial charge in [0.15, 0.2) is 0 Å². The van der Waals surface area contributed by atoms with Gasteiger partial charge in [0.1, 0.15) is 0 Å². The molecule has 0 aliphatic heterocycles. The smallest absolute Gasteiger partial charge is 0.0487 e. The van der Waals surface area contributed by atoms with E-state index in [0.29, 0.717) is 0 Å². The zero-order valence-electron chi connectivity index (χ0n) is 8.63. The molecule has 1 nitrogen and oxygen atoms in total. The maximum Gasteiger partial charge on any atom is 0.0487 e. The highest BCUT2D eigenvalue weighted by Gasteiger charge is 2.06. The molecule has 0 aromatic heterocycles. The topological polar surface area (TPSA) is 9.23 Å². The lowest BCUT2D eigenvalue weighted by atomic mass is 10.4. The molecule has 0 spiro atoms. The van der Waals surface area contributed by atoms with E-state index in [2.05, 4.69) is 24.3 Å². The molecule has 2 aromatic rings. The molecule has 0 aliphatic carbocycles. The van der Waals surface area contributed by atoms with Crippen LogP contribution in [0.2, 0.25) is 0 Å². The van der Waals surface area contributed by atoms with Crippen LogP contribution < -0.4 is 0 Å². The van der Waals surface area contributed by atoms with Crippen LogP contribution in [-0.2, 0) is 4.18 Å². The van der Waals surface area contributed by atoms with E-state index in [0.717, 1.165) is 0 Å². The Balaban J connectivity index is 2.34. The highest BCUT2D eigenvalue weighted by atomic mass is 32.2. The summed E-state index contributed by atoms with van der Waals surface area (Å²) in [6.07, 6.45) is 0. The lowest BCUT2D eigenvalue weighted by Crippen LogP contribution is -1.87. The number of hydrogen-bond acceptors (Lipinski definition) is 1. The minimum atomic E-state index is -0.649. The van der Waals surface area contributed by atoms with Gasteiger partial charge in [0, 0.05) is 16.9 Å². The van der Waals surface area contributed by atoms with E-state index < -0.39 is 11.2 Å². The Labute approximate surface area is 93.3 Å². The van der Waals surface area contributed by atoms with E-state index in [-0.39, 0.29) is 0 Å². The first kappa shape index (κ1) is 10.3. The Morgan fingerprint density at radius 1 is 0.733 bits per heavy atom. The van der Waals surface area contributed by atoms with Crippen LogP contribution >= 0.6 is 11.2 Å². The first-order chi connectivity index (χ1) is 7.42. The normalized spacial score (nSPS) is 11.1. The lowest BCUT2D eigenvalue weighted by Gasteiger charge is -2.20. The van der Waals surface area contributed by atoms with Crippen molar-refractivity contribution in [1.82, 2.24) is 0 Å². The number of rotatable bonds is 3. The van der Waals surface area contributed by atoms with Gasteiger partial charge < -0.3 is 4.18 Å². The van der Waals surface area contributed by atoms with Gasteiger partial charge in [0.25, 0.3) is 0 Å². The van der Waals surface area contributed by atoms with E-state index in [9.17, 15) is 0 Å². The van der Waals surface area contributed by atoms with Crippen molar-refractivity contribution in [3.05, 3.63) is 60.7 Å². The van der Waals surface area contributed by atoms with E-state index in [1.54, 1.807) is 7.11 Å². The lowest BCUT2D eigenvalue weighted by molar-refractivity contribution is 0.477. The fourth-order valence-electron chi connectivity index (χ4n) is 1.49. The molecule has 2 aromatic carbocycles. The predicted octanol–water partition coefficient (Wildman–Crippen LogP) is 3.67. The van der Waals surface area contributed by atoms with Gasteiger partial charge in [0.2, 0.25) is 0 Å². The van der Waals surface area contributed by atoms with Crippen LogP contribution in [0.5, 0.6) is 0 Å². The van der Waals surface area contributed by atoms with Crippen molar-refractivity contribution in [3.63, 3.8) is 0 Å². The standard InChI is InChI=1S/C13H14OS/c1-14-15(12-8-4-2-5-9-12)13-10-6-3-7-11-13/h2-11,15H,1H3. The van der Waals surface area contributed by atoms with Crippen LogP contribution in [0.4, 0.5) is 0 Å². The molecule has 0 radical (unpaired) electrons. The summed E-state index contributed by atoms with van der Waals surface area (Å²) >= 11 is -0.649. The highest BCUT2D eigenvalue weighted by Crippen LogP contribution is 2.44. The Kier molecular flexibility index (Phi) is 3.43. The van der Waals surface area contributed by atoms with Crippen molar-refractivity contribution in [3.8, 4) is 0 Å². The molecule has 0 amide bonds. The average Bonchev–Trinajstić information content (AvgIpc) is 2.33. The van der Waals surface area contributed by atoms with Gasteiger partial charge in [-0.05, 0) is 24.3 Å². The third-order valence-corrected chi connectivity index (χ3v) is 4.06. The molecular formula is C13H14OS. The third kappa shape index (κ3) is 2.41. The predicted molar refractivity (Wildman–Crippen MR) is 65.4 cm³/mol. The molecule has 2 rings (SSSR count). The zero-order valence-corrected chi connectivity index (χ0v) is 9.52. The van der Waals surface area contributed by atoms with Crippen molar-refractivity contribution >= 4 is 11.2 Å². The van der Waals surface area contributed by atoms with Crippen molar-refractivity contribution in [1.29, 1.82) is 0 Å². The van der Waals surface area contributed by atoms with E-state index >= 15 is 0 Å². The summed E-state index contributed by atoms with van der Waals surface area (Å²) in [6, 6.07) is 20.7. The average molecular weight is 218 g/mol. The minimum Gasteiger partial charge on any atom is -0.334 e. The second-order valence-corrected chi connectivity index (χ2v) is 5.13. The van der Waals surface area contributed by atoms with Gasteiger partial charge in [-0.25, -0.2) is 0 Å². The van der Waals surface area contributed by atoms with Gasteiger partial charge >= 0.3 is 0 Å². The molecular weight excluding hydrogens is 204 g/mol. The van der Waals surface area contributed by atoms with E-state index in [1.807, 2.05) is 36.4 Å². The molecule has 0 unspecified atom stereocenters. The Hall–Kier alpha value is -1.25. The summed E-state index contributed by atoms with van der Waals surface area (Å²) in [6.45, 7) is 0. The number of benzene rings is 2. The summed E-state index contributed by atoms with van der Waals surface area (Å²) in [5, 5.41) is 0. The SMILES string of the molecule is CO[SH](c1ccccc1)c1ccccc1. The summed E-state index contributed by atoms with van der Waals surface area (Å²) in [5.41, 5.74) is 0. The summed E-state index contributed by atoms with van der Waals surface area (Å²) in [7, 11) is 1.77. The molecule has 78 valence electrons. The molecule has 0 heterocycles. The van der Waals surface area contributed by atoms with Gasteiger partial charge in [-0.2, -0.15) is 0 Å². The molecule has 0 aliphatic rings. The Bertz CT molecular complexity index is 360. The molecule has 2 heteroatoms. The number of thiol groups is 1. The van der Waals surface area contributed by atoms with Crippen molar-refractivity contribution in [2.75, 3.05) is 7.11 Å². The molecule has 0 saturated heterocycles. The molecule has 0 bridgehead atoms. The van der Waals surface area contributed by atoms with E-state index in [4.69, 9.17) is 4.18 Å². The fourth-order valence-corrected chi connectivity index (χ4v) is 3.09. The molecule has 0 saturated carbocycles. The van der Waals surface area contributed by atoms with Gasteiger partial charge in [0.05, 0.1) is 0 Å². The fraction of sp³-hybridized carbons (Fsp3) is 0.0769. The maximum atomic E-state index is 5.59. The van der Waals surface area contributed by atoms with Crippen molar-refractivity contribution in [2.45, 2.75) is 9.79 Å². The largest absolute Gasteiger partial charge is 0.334 e. The quantitative estimate of drug-likeness (QED) is 0.773. The minimum absolute atomic E-state index is 0.649.